The molecule has 0 aliphatic heterocycles. The lowest BCUT2D eigenvalue weighted by atomic mass is 10.1. The molecule has 1 rings (SSSR count). The first-order valence-electron chi connectivity index (χ1n) is 5.96. The molecule has 1 aromatic rings. The lowest BCUT2D eigenvalue weighted by Gasteiger charge is -2.09. The van der Waals surface area contributed by atoms with E-state index in [9.17, 15) is 9.59 Å². The van der Waals surface area contributed by atoms with Gasteiger partial charge < -0.3 is 4.74 Å². The molecule has 1 atom stereocenters. The SMILES string of the molecule is CCCC(=O)c1ccc(SC(C)C(=O)OC)cc1. The van der Waals surface area contributed by atoms with Crippen LogP contribution in [0.25, 0.3) is 0 Å². The third kappa shape index (κ3) is 4.18. The van der Waals surface area contributed by atoms with Crippen molar-refractivity contribution in [3.05, 3.63) is 29.8 Å². The summed E-state index contributed by atoms with van der Waals surface area (Å²) in [6.45, 7) is 3.78. The summed E-state index contributed by atoms with van der Waals surface area (Å²) in [5, 5.41) is -0.243. The zero-order chi connectivity index (χ0) is 13.5. The molecular formula is C14H18O3S. The van der Waals surface area contributed by atoms with Crippen molar-refractivity contribution in [3.63, 3.8) is 0 Å². The highest BCUT2D eigenvalue weighted by molar-refractivity contribution is 8.00. The van der Waals surface area contributed by atoms with Crippen LogP contribution in [0.3, 0.4) is 0 Å². The first kappa shape index (κ1) is 14.8. The quantitative estimate of drug-likeness (QED) is 0.450. The van der Waals surface area contributed by atoms with Gasteiger partial charge in [-0.1, -0.05) is 19.1 Å². The van der Waals surface area contributed by atoms with Crippen molar-refractivity contribution < 1.29 is 14.3 Å². The van der Waals surface area contributed by atoms with Crippen LogP contribution < -0.4 is 0 Å². The van der Waals surface area contributed by atoms with E-state index in [1.54, 1.807) is 6.92 Å². The maximum atomic E-state index is 11.7. The third-order valence-corrected chi connectivity index (χ3v) is 3.59. The number of benzene rings is 1. The molecule has 4 heteroatoms. The van der Waals surface area contributed by atoms with E-state index in [4.69, 9.17) is 0 Å². The highest BCUT2D eigenvalue weighted by atomic mass is 32.2. The van der Waals surface area contributed by atoms with Crippen molar-refractivity contribution in [2.75, 3.05) is 7.11 Å². The first-order valence-corrected chi connectivity index (χ1v) is 6.84. The minimum atomic E-state index is -0.244. The molecule has 0 heterocycles. The molecule has 0 radical (unpaired) electrons. The van der Waals surface area contributed by atoms with Gasteiger partial charge >= 0.3 is 5.97 Å². The molecule has 0 saturated carbocycles. The second kappa shape index (κ2) is 7.21. The zero-order valence-corrected chi connectivity index (χ0v) is 11.8. The third-order valence-electron chi connectivity index (χ3n) is 2.50. The molecule has 0 bridgehead atoms. The highest BCUT2D eigenvalue weighted by Crippen LogP contribution is 2.24. The van der Waals surface area contributed by atoms with Crippen molar-refractivity contribution in [2.45, 2.75) is 36.8 Å². The number of esters is 1. The van der Waals surface area contributed by atoms with E-state index in [0.717, 1.165) is 16.9 Å². The second-order valence-electron chi connectivity index (χ2n) is 3.98. The van der Waals surface area contributed by atoms with Gasteiger partial charge in [-0.3, -0.25) is 9.59 Å². The van der Waals surface area contributed by atoms with Crippen LogP contribution in [0.5, 0.6) is 0 Å². The summed E-state index contributed by atoms with van der Waals surface area (Å²) in [5.41, 5.74) is 0.729. The van der Waals surface area contributed by atoms with Gasteiger partial charge in [0, 0.05) is 16.9 Å². The van der Waals surface area contributed by atoms with Gasteiger partial charge in [-0.2, -0.15) is 0 Å². The minimum absolute atomic E-state index is 0.162. The summed E-state index contributed by atoms with van der Waals surface area (Å²) in [5.74, 6) is -0.0822. The molecule has 0 aromatic heterocycles. The number of rotatable bonds is 6. The number of thioether (sulfide) groups is 1. The lowest BCUT2D eigenvalue weighted by Crippen LogP contribution is -2.14. The van der Waals surface area contributed by atoms with Crippen LogP contribution in [-0.4, -0.2) is 24.1 Å². The van der Waals surface area contributed by atoms with E-state index in [0.29, 0.717) is 6.42 Å². The molecule has 98 valence electrons. The largest absolute Gasteiger partial charge is 0.468 e. The number of carbonyl (C=O) groups is 2. The van der Waals surface area contributed by atoms with Gasteiger partial charge in [0.05, 0.1) is 7.11 Å². The van der Waals surface area contributed by atoms with E-state index >= 15 is 0 Å². The maximum Gasteiger partial charge on any atom is 0.318 e. The van der Waals surface area contributed by atoms with Gasteiger partial charge in [-0.05, 0) is 25.5 Å². The van der Waals surface area contributed by atoms with Crippen LogP contribution >= 0.6 is 11.8 Å². The molecule has 1 aromatic carbocycles. The highest BCUT2D eigenvalue weighted by Gasteiger charge is 2.14. The lowest BCUT2D eigenvalue weighted by molar-refractivity contribution is -0.139. The van der Waals surface area contributed by atoms with E-state index in [1.165, 1.54) is 18.9 Å². The molecule has 0 N–H and O–H groups in total. The summed E-state index contributed by atoms with van der Waals surface area (Å²) in [4.78, 5) is 23.9. The van der Waals surface area contributed by atoms with Crippen molar-refractivity contribution >= 4 is 23.5 Å². The van der Waals surface area contributed by atoms with Crippen molar-refractivity contribution in [1.82, 2.24) is 0 Å². The van der Waals surface area contributed by atoms with Gasteiger partial charge in [0.2, 0.25) is 0 Å². The van der Waals surface area contributed by atoms with E-state index < -0.39 is 0 Å². The molecule has 1 unspecified atom stereocenters. The van der Waals surface area contributed by atoms with Gasteiger partial charge in [0.15, 0.2) is 5.78 Å². The Morgan fingerprint density at radius 1 is 1.28 bits per heavy atom. The fraction of sp³-hybridized carbons (Fsp3) is 0.429. The van der Waals surface area contributed by atoms with Crippen LogP contribution in [-0.2, 0) is 9.53 Å². The Bertz CT molecular complexity index is 412. The molecule has 0 aliphatic carbocycles. The molecular weight excluding hydrogens is 248 g/mol. The Labute approximate surface area is 112 Å². The monoisotopic (exact) mass is 266 g/mol. The number of hydrogen-bond donors (Lipinski definition) is 0. The second-order valence-corrected chi connectivity index (χ2v) is 5.40. The summed E-state index contributed by atoms with van der Waals surface area (Å²) in [7, 11) is 1.38. The number of hydrogen-bond acceptors (Lipinski definition) is 4. The van der Waals surface area contributed by atoms with E-state index in [2.05, 4.69) is 4.74 Å². The molecule has 18 heavy (non-hydrogen) atoms. The van der Waals surface area contributed by atoms with Gasteiger partial charge in [0.25, 0.3) is 0 Å². The minimum Gasteiger partial charge on any atom is -0.468 e. The molecule has 0 amide bonds. The standard InChI is InChI=1S/C14H18O3S/c1-4-5-13(15)11-6-8-12(9-7-11)18-10(2)14(16)17-3/h6-10H,4-5H2,1-3H3. The van der Waals surface area contributed by atoms with Gasteiger partial charge in [0.1, 0.15) is 5.25 Å². The van der Waals surface area contributed by atoms with E-state index in [-0.39, 0.29) is 17.0 Å². The molecule has 0 saturated heterocycles. The fourth-order valence-corrected chi connectivity index (χ4v) is 2.40. The van der Waals surface area contributed by atoms with Crippen molar-refractivity contribution in [2.24, 2.45) is 0 Å². The molecule has 0 spiro atoms. The molecule has 3 nitrogen and oxygen atoms in total. The zero-order valence-electron chi connectivity index (χ0n) is 10.9. The van der Waals surface area contributed by atoms with Crippen LogP contribution in [0.1, 0.15) is 37.0 Å². The Morgan fingerprint density at radius 3 is 2.39 bits per heavy atom. The average Bonchev–Trinajstić information content (AvgIpc) is 2.38. The van der Waals surface area contributed by atoms with Crippen molar-refractivity contribution in [3.8, 4) is 0 Å². The Kier molecular flexibility index (Phi) is 5.92. The fourth-order valence-electron chi connectivity index (χ4n) is 1.51. The van der Waals surface area contributed by atoms with Crippen LogP contribution in [0.4, 0.5) is 0 Å². The predicted molar refractivity (Wildman–Crippen MR) is 73.0 cm³/mol. The number of ketones is 1. The summed E-state index contributed by atoms with van der Waals surface area (Å²) >= 11 is 1.42. The van der Waals surface area contributed by atoms with Crippen molar-refractivity contribution in [1.29, 1.82) is 0 Å². The van der Waals surface area contributed by atoms with Gasteiger partial charge in [-0.15, -0.1) is 11.8 Å². The summed E-state index contributed by atoms with van der Waals surface area (Å²) < 4.78 is 4.66. The first-order chi connectivity index (χ1) is 8.58. The summed E-state index contributed by atoms with van der Waals surface area (Å²) in [6.07, 6.45) is 1.43. The Balaban J connectivity index is 2.65. The topological polar surface area (TPSA) is 43.4 Å². The number of ether oxygens (including phenoxy) is 1. The number of carbonyl (C=O) groups excluding carboxylic acids is 2. The van der Waals surface area contributed by atoms with Crippen LogP contribution in [0, 0.1) is 0 Å². The molecule has 0 fully saturated rings. The maximum absolute atomic E-state index is 11.7. The van der Waals surface area contributed by atoms with Crippen LogP contribution in [0.15, 0.2) is 29.2 Å². The Hall–Kier alpha value is -1.29. The predicted octanol–water partition coefficient (Wildman–Crippen LogP) is 3.32. The molecule has 0 aliphatic rings. The van der Waals surface area contributed by atoms with E-state index in [1.807, 2.05) is 31.2 Å². The normalized spacial score (nSPS) is 11.9. The van der Waals surface area contributed by atoms with Gasteiger partial charge in [-0.25, -0.2) is 0 Å². The Morgan fingerprint density at radius 2 is 1.89 bits per heavy atom. The summed E-state index contributed by atoms with van der Waals surface area (Å²) in [6, 6.07) is 7.36. The smallest absolute Gasteiger partial charge is 0.318 e. The average molecular weight is 266 g/mol. The number of Topliss-reactive ketones (excluding diaryl/α,β-unsaturated/α-hetero) is 1. The van der Waals surface area contributed by atoms with Crippen LogP contribution in [0.2, 0.25) is 0 Å². The number of methoxy groups -OCH3 is 1.